The minimum absolute atomic E-state index is 0.0147. The Morgan fingerprint density at radius 2 is 1.96 bits per heavy atom. The summed E-state index contributed by atoms with van der Waals surface area (Å²) in [5, 5.41) is 3.62. The van der Waals surface area contributed by atoms with Crippen molar-refractivity contribution in [3.63, 3.8) is 0 Å². The van der Waals surface area contributed by atoms with Crippen LogP contribution in [0.2, 0.25) is 5.02 Å². The first-order valence-electron chi connectivity index (χ1n) is 6.82. The number of methoxy groups -OCH3 is 1. The van der Waals surface area contributed by atoms with E-state index in [0.29, 0.717) is 5.56 Å². The van der Waals surface area contributed by atoms with Gasteiger partial charge in [-0.1, -0.05) is 11.6 Å². The highest BCUT2D eigenvalue weighted by molar-refractivity contribution is 6.32. The van der Waals surface area contributed by atoms with E-state index in [-0.39, 0.29) is 22.1 Å². The topological polar surface area (TPSA) is 59.9 Å². The van der Waals surface area contributed by atoms with Crippen LogP contribution in [-0.2, 0) is 0 Å². The molecule has 1 N–H and O–H groups in total. The number of nitrogens with one attached hydrogen (secondary N) is 1. The summed E-state index contributed by atoms with van der Waals surface area (Å²) in [6.07, 6.45) is 1.24. The number of hydrogen-bond donors (Lipinski definition) is 1. The number of halogens is 4. The summed E-state index contributed by atoms with van der Waals surface area (Å²) in [7, 11) is 1.27. The fraction of sp³-hybridized carbons (Fsp3) is 0.125. The van der Waals surface area contributed by atoms with Crippen molar-refractivity contribution in [1.29, 1.82) is 0 Å². The monoisotopic (exact) mass is 372 g/mol. The van der Waals surface area contributed by atoms with Gasteiger partial charge in [0.1, 0.15) is 5.82 Å². The van der Waals surface area contributed by atoms with Crippen LogP contribution in [0.4, 0.5) is 13.2 Å². The van der Waals surface area contributed by atoms with Crippen LogP contribution in [0.15, 0.2) is 41.5 Å². The smallest absolute Gasteiger partial charge is 0.387 e. The number of carbonyl (C=O) groups is 1. The highest BCUT2D eigenvalue weighted by Crippen LogP contribution is 2.37. The standard InChI is InChI=1S/C16H12ClF3N2O3/c1-24-13-7-9(6-12(17)14(13)25-16(19)20)8-21-22-15(23)10-2-4-11(18)5-3-10/h2-8,16H,1H3,(H,22,23)/b21-8-. The molecule has 0 spiro atoms. The first-order valence-corrected chi connectivity index (χ1v) is 7.20. The van der Waals surface area contributed by atoms with Crippen LogP contribution in [-0.4, -0.2) is 25.8 Å². The van der Waals surface area contributed by atoms with Crippen molar-refractivity contribution >= 4 is 23.7 Å². The highest BCUT2D eigenvalue weighted by Gasteiger charge is 2.15. The molecule has 0 saturated heterocycles. The number of hydrazone groups is 1. The zero-order valence-electron chi connectivity index (χ0n) is 12.8. The number of nitrogens with zero attached hydrogens (tertiary/aromatic N) is 1. The van der Waals surface area contributed by atoms with Gasteiger partial charge in [0.25, 0.3) is 5.91 Å². The van der Waals surface area contributed by atoms with E-state index in [1.807, 2.05) is 0 Å². The van der Waals surface area contributed by atoms with Gasteiger partial charge in [0.15, 0.2) is 11.5 Å². The minimum atomic E-state index is -3.05. The molecular weight excluding hydrogens is 361 g/mol. The van der Waals surface area contributed by atoms with Crippen LogP contribution in [0, 0.1) is 5.82 Å². The normalized spacial score (nSPS) is 11.0. The lowest BCUT2D eigenvalue weighted by atomic mass is 10.2. The zero-order valence-corrected chi connectivity index (χ0v) is 13.6. The number of benzene rings is 2. The van der Waals surface area contributed by atoms with E-state index in [4.69, 9.17) is 16.3 Å². The van der Waals surface area contributed by atoms with E-state index in [0.717, 1.165) is 12.1 Å². The lowest BCUT2D eigenvalue weighted by Crippen LogP contribution is -2.17. The molecule has 25 heavy (non-hydrogen) atoms. The van der Waals surface area contributed by atoms with Gasteiger partial charge in [-0.2, -0.15) is 13.9 Å². The van der Waals surface area contributed by atoms with Crippen molar-refractivity contribution in [2.75, 3.05) is 7.11 Å². The number of ether oxygens (including phenoxy) is 2. The van der Waals surface area contributed by atoms with Crippen LogP contribution in [0.25, 0.3) is 0 Å². The molecular formula is C16H12ClF3N2O3. The van der Waals surface area contributed by atoms with Gasteiger partial charge >= 0.3 is 6.61 Å². The van der Waals surface area contributed by atoms with Gasteiger partial charge in [-0.25, -0.2) is 9.82 Å². The van der Waals surface area contributed by atoms with Crippen LogP contribution < -0.4 is 14.9 Å². The maximum Gasteiger partial charge on any atom is 0.387 e. The predicted octanol–water partition coefficient (Wildman–Crippen LogP) is 3.85. The Bertz CT molecular complexity index is 783. The fourth-order valence-corrected chi connectivity index (χ4v) is 2.11. The van der Waals surface area contributed by atoms with E-state index in [2.05, 4.69) is 15.3 Å². The summed E-state index contributed by atoms with van der Waals surface area (Å²) < 4.78 is 46.8. The van der Waals surface area contributed by atoms with E-state index < -0.39 is 18.3 Å². The fourth-order valence-electron chi connectivity index (χ4n) is 1.85. The lowest BCUT2D eigenvalue weighted by molar-refractivity contribution is -0.0511. The van der Waals surface area contributed by atoms with Crippen molar-refractivity contribution in [3.05, 3.63) is 58.4 Å². The molecule has 132 valence electrons. The van der Waals surface area contributed by atoms with Gasteiger partial charge in [0.2, 0.25) is 0 Å². The molecule has 0 atom stereocenters. The molecule has 2 aromatic carbocycles. The maximum atomic E-state index is 12.8. The average Bonchev–Trinajstić information content (AvgIpc) is 2.57. The van der Waals surface area contributed by atoms with Crippen molar-refractivity contribution in [1.82, 2.24) is 5.43 Å². The van der Waals surface area contributed by atoms with Gasteiger partial charge in [-0.3, -0.25) is 4.79 Å². The second kappa shape index (κ2) is 8.39. The summed E-state index contributed by atoms with van der Waals surface area (Å²) >= 11 is 5.89. The minimum Gasteiger partial charge on any atom is -0.493 e. The molecule has 9 heteroatoms. The second-order valence-corrected chi connectivity index (χ2v) is 5.03. The van der Waals surface area contributed by atoms with Gasteiger partial charge in [-0.05, 0) is 42.0 Å². The summed E-state index contributed by atoms with van der Waals surface area (Å²) in [5.74, 6) is -1.33. The van der Waals surface area contributed by atoms with Crippen LogP contribution >= 0.6 is 11.6 Å². The molecule has 2 rings (SSSR count). The molecule has 0 aromatic heterocycles. The lowest BCUT2D eigenvalue weighted by Gasteiger charge is -2.12. The third kappa shape index (κ3) is 5.12. The Hall–Kier alpha value is -2.74. The van der Waals surface area contributed by atoms with E-state index in [9.17, 15) is 18.0 Å². The van der Waals surface area contributed by atoms with E-state index >= 15 is 0 Å². The SMILES string of the molecule is COc1cc(/C=N\NC(=O)c2ccc(F)cc2)cc(Cl)c1OC(F)F. The zero-order chi connectivity index (χ0) is 18.4. The van der Waals surface area contributed by atoms with Crippen molar-refractivity contribution in [2.24, 2.45) is 5.10 Å². The molecule has 0 aliphatic carbocycles. The molecule has 0 radical (unpaired) electrons. The third-order valence-electron chi connectivity index (χ3n) is 2.94. The number of carbonyl (C=O) groups excluding carboxylic acids is 1. The number of amides is 1. The van der Waals surface area contributed by atoms with E-state index in [1.54, 1.807) is 0 Å². The molecule has 0 heterocycles. The molecule has 5 nitrogen and oxygen atoms in total. The molecule has 0 aliphatic heterocycles. The van der Waals surface area contributed by atoms with Crippen molar-refractivity contribution in [3.8, 4) is 11.5 Å². The Morgan fingerprint density at radius 1 is 1.28 bits per heavy atom. The molecule has 1 amide bonds. The van der Waals surface area contributed by atoms with Crippen molar-refractivity contribution < 1.29 is 27.4 Å². The largest absolute Gasteiger partial charge is 0.493 e. The van der Waals surface area contributed by atoms with Crippen molar-refractivity contribution in [2.45, 2.75) is 6.61 Å². The molecule has 0 bridgehead atoms. The van der Waals surface area contributed by atoms with E-state index in [1.165, 1.54) is 37.6 Å². The molecule has 0 saturated carbocycles. The van der Waals surface area contributed by atoms with Gasteiger partial charge in [0.05, 0.1) is 18.3 Å². The Balaban J connectivity index is 2.11. The molecule has 2 aromatic rings. The molecule has 0 aliphatic rings. The maximum absolute atomic E-state index is 12.8. The number of rotatable bonds is 6. The Labute approximate surface area is 146 Å². The first-order chi connectivity index (χ1) is 11.9. The van der Waals surface area contributed by atoms with Crippen LogP contribution in [0.5, 0.6) is 11.5 Å². The van der Waals surface area contributed by atoms with Crippen LogP contribution in [0.3, 0.4) is 0 Å². The summed E-state index contributed by atoms with van der Waals surface area (Å²) in [6, 6.07) is 7.57. The summed E-state index contributed by atoms with van der Waals surface area (Å²) in [4.78, 5) is 11.8. The third-order valence-corrected chi connectivity index (χ3v) is 3.23. The summed E-state index contributed by atoms with van der Waals surface area (Å²) in [6.45, 7) is -3.05. The quantitative estimate of drug-likeness (QED) is 0.619. The average molecular weight is 373 g/mol. The second-order valence-electron chi connectivity index (χ2n) is 4.62. The number of hydrogen-bond acceptors (Lipinski definition) is 4. The highest BCUT2D eigenvalue weighted by atomic mass is 35.5. The predicted molar refractivity (Wildman–Crippen MR) is 86.1 cm³/mol. The van der Waals surface area contributed by atoms with Crippen LogP contribution in [0.1, 0.15) is 15.9 Å². The molecule has 0 unspecified atom stereocenters. The van der Waals surface area contributed by atoms with Gasteiger partial charge < -0.3 is 9.47 Å². The Kier molecular flexibility index (Phi) is 6.24. The van der Waals surface area contributed by atoms with Gasteiger partial charge in [0, 0.05) is 5.56 Å². The summed E-state index contributed by atoms with van der Waals surface area (Å²) in [5.41, 5.74) is 2.84. The number of alkyl halides is 2. The first kappa shape index (κ1) is 18.6. The molecule has 0 fully saturated rings. The van der Waals surface area contributed by atoms with Gasteiger partial charge in [-0.15, -0.1) is 0 Å². The Morgan fingerprint density at radius 3 is 2.56 bits per heavy atom.